The number of carbonyl (C=O) groups excluding carboxylic acids is 1. The lowest BCUT2D eigenvalue weighted by Crippen LogP contribution is -2.57. The molecule has 1 aromatic carbocycles. The third-order valence-electron chi connectivity index (χ3n) is 7.28. The Hall–Kier alpha value is -3.53. The average Bonchev–Trinajstić information content (AvgIpc) is 3.11. The van der Waals surface area contributed by atoms with Gasteiger partial charge in [-0.2, -0.15) is 13.2 Å². The fraction of sp³-hybridized carbons (Fsp3) is 0.448. The Bertz CT molecular complexity index is 1250. The van der Waals surface area contributed by atoms with E-state index in [1.165, 1.54) is 12.3 Å². The lowest BCUT2D eigenvalue weighted by molar-refractivity contribution is -0.137. The van der Waals surface area contributed by atoms with Crippen LogP contribution in [-0.4, -0.2) is 48.8 Å². The van der Waals surface area contributed by atoms with Gasteiger partial charge in [0.1, 0.15) is 12.0 Å². The molecule has 3 N–H and O–H groups in total. The van der Waals surface area contributed by atoms with Crippen LogP contribution < -0.4 is 20.9 Å². The first-order chi connectivity index (χ1) is 18.3. The zero-order valence-electron chi connectivity index (χ0n) is 23.2. The molecule has 210 valence electrons. The van der Waals surface area contributed by atoms with E-state index in [-0.39, 0.29) is 30.0 Å². The van der Waals surface area contributed by atoms with Gasteiger partial charge in [-0.25, -0.2) is 4.98 Å². The zero-order chi connectivity index (χ0) is 28.5. The summed E-state index contributed by atoms with van der Waals surface area (Å²) >= 11 is 0. The first kappa shape index (κ1) is 28.5. The maximum absolute atomic E-state index is 13.7. The summed E-state index contributed by atoms with van der Waals surface area (Å²) in [6.07, 6.45) is 0.612. The van der Waals surface area contributed by atoms with Crippen LogP contribution >= 0.6 is 0 Å². The Balaban J connectivity index is 1.58. The van der Waals surface area contributed by atoms with E-state index in [4.69, 9.17) is 0 Å². The molecule has 2 aromatic rings. The molecule has 2 atom stereocenters. The number of allylic oxidation sites excluding steroid dienone is 1. The average molecular weight is 543 g/mol. The molecule has 3 heterocycles. The van der Waals surface area contributed by atoms with Crippen LogP contribution in [0.5, 0.6) is 0 Å². The molecular weight excluding hydrogens is 505 g/mol. The van der Waals surface area contributed by atoms with Crippen LogP contribution in [0.25, 0.3) is 0 Å². The molecule has 10 heteroatoms. The van der Waals surface area contributed by atoms with E-state index in [9.17, 15) is 18.0 Å². The predicted molar refractivity (Wildman–Crippen MR) is 148 cm³/mol. The molecule has 2 aliphatic heterocycles. The Morgan fingerprint density at radius 3 is 2.46 bits per heavy atom. The summed E-state index contributed by atoms with van der Waals surface area (Å²) in [6.45, 7) is 8.35. The second-order valence-corrected chi connectivity index (χ2v) is 11.1. The van der Waals surface area contributed by atoms with Crippen LogP contribution in [-0.2, 0) is 16.4 Å². The number of anilines is 2. The third-order valence-corrected chi connectivity index (χ3v) is 7.28. The molecule has 0 radical (unpaired) electrons. The monoisotopic (exact) mass is 542 g/mol. The second kappa shape index (κ2) is 10.9. The van der Waals surface area contributed by atoms with Gasteiger partial charge >= 0.3 is 6.18 Å². The zero-order valence-corrected chi connectivity index (χ0v) is 23.2. The van der Waals surface area contributed by atoms with E-state index in [1.807, 2.05) is 44.2 Å². The summed E-state index contributed by atoms with van der Waals surface area (Å²) in [5.74, 6) is 0.169. The third kappa shape index (κ3) is 6.06. The van der Waals surface area contributed by atoms with E-state index in [0.717, 1.165) is 28.6 Å². The SMILES string of the molecule is CC(C)C1NC2=C(CCN(c3ncccc3C(F)(F)F)C=C2)C(Nc2ccc(C(C)(C)C(=O)N(C)C)cc2)N1. The smallest absolute Gasteiger partial charge is 0.369 e. The number of nitrogens with zero attached hydrogens (tertiary/aromatic N) is 3. The van der Waals surface area contributed by atoms with Crippen molar-refractivity contribution in [2.45, 2.75) is 58.0 Å². The highest BCUT2D eigenvalue weighted by molar-refractivity contribution is 5.87. The van der Waals surface area contributed by atoms with Crippen molar-refractivity contribution in [3.8, 4) is 0 Å². The van der Waals surface area contributed by atoms with Crippen molar-refractivity contribution >= 4 is 17.4 Å². The van der Waals surface area contributed by atoms with Crippen LogP contribution in [0.1, 0.15) is 45.2 Å². The summed E-state index contributed by atoms with van der Waals surface area (Å²) < 4.78 is 41.0. The number of likely N-dealkylation sites (N-methyl/N-ethyl adjacent to an activating group) is 1. The number of hydrogen-bond donors (Lipinski definition) is 3. The van der Waals surface area contributed by atoms with Gasteiger partial charge in [-0.05, 0) is 67.7 Å². The molecule has 0 fully saturated rings. The molecule has 1 aromatic heterocycles. The summed E-state index contributed by atoms with van der Waals surface area (Å²) in [5.41, 5.74) is 2.26. The minimum Gasteiger partial charge on any atom is -0.369 e. The van der Waals surface area contributed by atoms with Crippen molar-refractivity contribution in [1.29, 1.82) is 0 Å². The molecule has 0 saturated carbocycles. The fourth-order valence-corrected chi connectivity index (χ4v) is 5.00. The molecule has 0 bridgehead atoms. The number of alkyl halides is 3. The number of hydrogen-bond acceptors (Lipinski definition) is 6. The van der Waals surface area contributed by atoms with Crippen molar-refractivity contribution < 1.29 is 18.0 Å². The number of nitrogens with one attached hydrogen (secondary N) is 3. The van der Waals surface area contributed by atoms with Crippen LogP contribution in [0.4, 0.5) is 24.7 Å². The normalized spacial score (nSPS) is 19.9. The molecule has 0 aliphatic carbocycles. The lowest BCUT2D eigenvalue weighted by atomic mass is 9.83. The highest BCUT2D eigenvalue weighted by atomic mass is 19.4. The van der Waals surface area contributed by atoms with Crippen molar-refractivity contribution in [3.05, 3.63) is 77.3 Å². The largest absolute Gasteiger partial charge is 0.419 e. The molecule has 0 saturated heterocycles. The van der Waals surface area contributed by atoms with Crippen molar-refractivity contribution in [2.24, 2.45) is 5.92 Å². The molecule has 2 unspecified atom stereocenters. The van der Waals surface area contributed by atoms with E-state index in [1.54, 1.807) is 30.1 Å². The van der Waals surface area contributed by atoms with Gasteiger partial charge in [0.05, 0.1) is 17.1 Å². The Morgan fingerprint density at radius 2 is 1.85 bits per heavy atom. The highest BCUT2D eigenvalue weighted by Gasteiger charge is 2.37. The first-order valence-electron chi connectivity index (χ1n) is 13.1. The van der Waals surface area contributed by atoms with Gasteiger partial charge in [-0.15, -0.1) is 0 Å². The maximum atomic E-state index is 13.7. The van der Waals surface area contributed by atoms with Crippen LogP contribution in [0, 0.1) is 5.92 Å². The number of aromatic nitrogens is 1. The number of carbonyl (C=O) groups is 1. The summed E-state index contributed by atoms with van der Waals surface area (Å²) in [4.78, 5) is 19.9. The quantitative estimate of drug-likeness (QED) is 0.474. The van der Waals surface area contributed by atoms with Gasteiger partial charge in [0.25, 0.3) is 0 Å². The van der Waals surface area contributed by atoms with Gasteiger partial charge < -0.3 is 20.4 Å². The van der Waals surface area contributed by atoms with Gasteiger partial charge in [-0.3, -0.25) is 10.1 Å². The Morgan fingerprint density at radius 1 is 1.15 bits per heavy atom. The van der Waals surface area contributed by atoms with Gasteiger partial charge in [0, 0.05) is 44.4 Å². The van der Waals surface area contributed by atoms with Gasteiger partial charge in [-0.1, -0.05) is 26.0 Å². The summed E-state index contributed by atoms with van der Waals surface area (Å²) in [7, 11) is 3.50. The van der Waals surface area contributed by atoms with Gasteiger partial charge in [0.2, 0.25) is 5.91 Å². The first-order valence-corrected chi connectivity index (χ1v) is 13.1. The maximum Gasteiger partial charge on any atom is 0.419 e. The van der Waals surface area contributed by atoms with Crippen LogP contribution in [0.2, 0.25) is 0 Å². The number of pyridine rings is 1. The van der Waals surface area contributed by atoms with Gasteiger partial charge in [0.15, 0.2) is 0 Å². The van der Waals surface area contributed by atoms with E-state index in [2.05, 4.69) is 34.8 Å². The summed E-state index contributed by atoms with van der Waals surface area (Å²) in [5, 5.41) is 10.7. The second-order valence-electron chi connectivity index (χ2n) is 11.1. The summed E-state index contributed by atoms with van der Waals surface area (Å²) in [6, 6.07) is 10.2. The predicted octanol–water partition coefficient (Wildman–Crippen LogP) is 5.06. The van der Waals surface area contributed by atoms with Crippen molar-refractivity contribution in [2.75, 3.05) is 30.9 Å². The molecule has 2 aliphatic rings. The molecule has 1 amide bonds. The molecule has 4 rings (SSSR count). The van der Waals surface area contributed by atoms with Crippen molar-refractivity contribution in [1.82, 2.24) is 20.5 Å². The van der Waals surface area contributed by atoms with Crippen LogP contribution in [0.15, 0.2) is 66.1 Å². The minimum absolute atomic E-state index is 0.0224. The number of rotatable bonds is 6. The number of halogens is 3. The molecular formula is C29H37F3N6O. The molecule has 7 nitrogen and oxygen atoms in total. The Kier molecular flexibility index (Phi) is 7.97. The topological polar surface area (TPSA) is 72.5 Å². The van der Waals surface area contributed by atoms with E-state index >= 15 is 0 Å². The number of amides is 1. The standard InChI is InChI=1S/C29H37F3N6O/c1-18(2)24-35-23-14-17-38(26-22(29(30,31)32)8-7-15-33-26)16-13-21(23)25(36-24)34-20-11-9-19(10-12-20)28(3,4)27(39)37(5)6/h7-12,14-15,17-18,24-25,34-36H,13,16H2,1-6H3. The Labute approximate surface area is 228 Å². The molecule has 39 heavy (non-hydrogen) atoms. The van der Waals surface area contributed by atoms with Crippen LogP contribution in [0.3, 0.4) is 0 Å². The van der Waals surface area contributed by atoms with E-state index in [0.29, 0.717) is 13.0 Å². The fourth-order valence-electron chi connectivity index (χ4n) is 5.00. The van der Waals surface area contributed by atoms with Crippen molar-refractivity contribution in [3.63, 3.8) is 0 Å². The highest BCUT2D eigenvalue weighted by Crippen LogP contribution is 2.36. The molecule has 0 spiro atoms. The lowest BCUT2D eigenvalue weighted by Gasteiger charge is -2.38. The minimum atomic E-state index is -4.50. The van der Waals surface area contributed by atoms with E-state index < -0.39 is 17.2 Å². The number of benzene rings is 1.